The summed E-state index contributed by atoms with van der Waals surface area (Å²) in [7, 11) is 0. The van der Waals surface area contributed by atoms with Crippen molar-refractivity contribution >= 4 is 11.8 Å². The molecule has 3 aliphatic rings. The summed E-state index contributed by atoms with van der Waals surface area (Å²) in [6.45, 7) is 0. The van der Waals surface area contributed by atoms with E-state index in [1.165, 1.54) is 51.4 Å². The zero-order chi connectivity index (χ0) is 18.2. The van der Waals surface area contributed by atoms with Crippen molar-refractivity contribution in [3.05, 3.63) is 0 Å². The van der Waals surface area contributed by atoms with Crippen LogP contribution in [0, 0.1) is 11.8 Å². The largest absolute Gasteiger partial charge is 0.353 e. The van der Waals surface area contributed by atoms with Crippen LogP contribution in [0.15, 0.2) is 0 Å². The fourth-order valence-corrected chi connectivity index (χ4v) is 5.25. The molecule has 3 aliphatic carbocycles. The van der Waals surface area contributed by atoms with Crippen molar-refractivity contribution in [1.82, 2.24) is 10.6 Å². The van der Waals surface area contributed by atoms with E-state index in [0.717, 1.165) is 50.4 Å². The van der Waals surface area contributed by atoms with Crippen LogP contribution >= 0.6 is 0 Å². The second-order valence-electron chi connectivity index (χ2n) is 9.06. The number of hydrogen-bond donors (Lipinski definition) is 2. The average Bonchev–Trinajstić information content (AvgIpc) is 3.34. The van der Waals surface area contributed by atoms with Gasteiger partial charge in [-0.05, 0) is 50.4 Å². The Labute approximate surface area is 159 Å². The number of carbonyl (C=O) groups is 2. The van der Waals surface area contributed by atoms with Crippen molar-refractivity contribution in [3.63, 3.8) is 0 Å². The third kappa shape index (κ3) is 6.59. The minimum atomic E-state index is 0.237. The van der Waals surface area contributed by atoms with Crippen molar-refractivity contribution in [2.75, 3.05) is 0 Å². The first-order chi connectivity index (χ1) is 12.7. The Bertz CT molecular complexity index is 403. The first-order valence-corrected chi connectivity index (χ1v) is 11.3. The van der Waals surface area contributed by atoms with E-state index in [1.54, 1.807) is 0 Å². The zero-order valence-electron chi connectivity index (χ0n) is 16.4. The molecule has 3 saturated carbocycles. The molecule has 0 spiro atoms. The number of hydrogen-bond acceptors (Lipinski definition) is 2. The number of carbonyl (C=O) groups excluding carboxylic acids is 2. The highest BCUT2D eigenvalue weighted by atomic mass is 16.2. The maximum absolute atomic E-state index is 12.2. The first kappa shape index (κ1) is 19.7. The van der Waals surface area contributed by atoms with Gasteiger partial charge in [0.25, 0.3) is 0 Å². The Kier molecular flexibility index (Phi) is 7.82. The number of amides is 2. The van der Waals surface area contributed by atoms with Gasteiger partial charge in [0.2, 0.25) is 11.8 Å². The van der Waals surface area contributed by atoms with Crippen LogP contribution in [-0.4, -0.2) is 23.9 Å². The fourth-order valence-electron chi connectivity index (χ4n) is 5.25. The minimum absolute atomic E-state index is 0.237. The standard InChI is InChI=1S/C22H38N2O2/c25-21(15-9-17-5-1-2-6-17)23-19-11-13-20(14-12-19)24-22(26)16-10-18-7-3-4-8-18/h17-20H,1-16H2,(H,23,25)(H,24,26). The van der Waals surface area contributed by atoms with Gasteiger partial charge in [-0.2, -0.15) is 0 Å². The Morgan fingerprint density at radius 2 is 0.923 bits per heavy atom. The molecule has 0 radical (unpaired) electrons. The predicted octanol–water partition coefficient (Wildman–Crippen LogP) is 4.47. The van der Waals surface area contributed by atoms with Gasteiger partial charge in [-0.25, -0.2) is 0 Å². The van der Waals surface area contributed by atoms with Gasteiger partial charge < -0.3 is 10.6 Å². The summed E-state index contributed by atoms with van der Waals surface area (Å²) in [6, 6.07) is 0.635. The van der Waals surface area contributed by atoms with Gasteiger partial charge in [-0.3, -0.25) is 9.59 Å². The maximum Gasteiger partial charge on any atom is 0.220 e. The molecule has 0 unspecified atom stereocenters. The summed E-state index contributed by atoms with van der Waals surface area (Å²) in [5.74, 6) is 2.05. The highest BCUT2D eigenvalue weighted by molar-refractivity contribution is 5.76. The monoisotopic (exact) mass is 362 g/mol. The van der Waals surface area contributed by atoms with Crippen LogP contribution < -0.4 is 10.6 Å². The molecule has 2 N–H and O–H groups in total. The molecule has 148 valence electrons. The van der Waals surface area contributed by atoms with Crippen molar-refractivity contribution in [2.45, 2.75) is 115 Å². The predicted molar refractivity (Wildman–Crippen MR) is 105 cm³/mol. The lowest BCUT2D eigenvalue weighted by Crippen LogP contribution is -2.43. The first-order valence-electron chi connectivity index (χ1n) is 11.3. The van der Waals surface area contributed by atoms with Crippen LogP contribution in [0.5, 0.6) is 0 Å². The topological polar surface area (TPSA) is 58.2 Å². The second kappa shape index (κ2) is 10.3. The highest BCUT2D eigenvalue weighted by Gasteiger charge is 2.24. The Balaban J connectivity index is 1.24. The molecule has 4 heteroatoms. The summed E-state index contributed by atoms with van der Waals surface area (Å²) in [5.41, 5.74) is 0. The Morgan fingerprint density at radius 3 is 1.27 bits per heavy atom. The molecule has 0 saturated heterocycles. The van der Waals surface area contributed by atoms with Gasteiger partial charge in [0.1, 0.15) is 0 Å². The molecule has 0 atom stereocenters. The molecule has 0 aromatic carbocycles. The zero-order valence-corrected chi connectivity index (χ0v) is 16.4. The van der Waals surface area contributed by atoms with E-state index in [-0.39, 0.29) is 11.8 Å². The summed E-state index contributed by atoms with van der Waals surface area (Å²) < 4.78 is 0. The van der Waals surface area contributed by atoms with Gasteiger partial charge in [-0.1, -0.05) is 51.4 Å². The highest BCUT2D eigenvalue weighted by Crippen LogP contribution is 2.29. The van der Waals surface area contributed by atoms with Crippen molar-refractivity contribution in [3.8, 4) is 0 Å². The minimum Gasteiger partial charge on any atom is -0.353 e. The summed E-state index contributed by atoms with van der Waals surface area (Å²) >= 11 is 0. The van der Waals surface area contributed by atoms with Crippen LogP contribution in [0.25, 0.3) is 0 Å². The summed E-state index contributed by atoms with van der Waals surface area (Å²) in [6.07, 6.45) is 18.2. The molecule has 0 aromatic rings. The smallest absolute Gasteiger partial charge is 0.220 e. The lowest BCUT2D eigenvalue weighted by molar-refractivity contribution is -0.124. The molecule has 0 bridgehead atoms. The van der Waals surface area contributed by atoms with E-state index < -0.39 is 0 Å². The van der Waals surface area contributed by atoms with Gasteiger partial charge in [0, 0.05) is 24.9 Å². The molecule has 0 aliphatic heterocycles. The molecule has 0 aromatic heterocycles. The molecule has 0 heterocycles. The van der Waals surface area contributed by atoms with E-state index in [1.807, 2.05) is 0 Å². The third-order valence-electron chi connectivity index (χ3n) is 6.97. The number of rotatable bonds is 8. The normalized spacial score (nSPS) is 27.5. The van der Waals surface area contributed by atoms with Crippen LogP contribution in [0.2, 0.25) is 0 Å². The van der Waals surface area contributed by atoms with Crippen molar-refractivity contribution in [1.29, 1.82) is 0 Å². The molecular weight excluding hydrogens is 324 g/mol. The molecule has 26 heavy (non-hydrogen) atoms. The molecule has 3 fully saturated rings. The summed E-state index contributed by atoms with van der Waals surface area (Å²) in [4.78, 5) is 24.3. The molecule has 2 amide bonds. The molecular formula is C22H38N2O2. The number of nitrogens with one attached hydrogen (secondary N) is 2. The van der Waals surface area contributed by atoms with Crippen molar-refractivity contribution in [2.24, 2.45) is 11.8 Å². The van der Waals surface area contributed by atoms with Gasteiger partial charge in [0.05, 0.1) is 0 Å². The fraction of sp³-hybridized carbons (Fsp3) is 0.909. The van der Waals surface area contributed by atoms with Gasteiger partial charge in [0.15, 0.2) is 0 Å². The Morgan fingerprint density at radius 1 is 0.577 bits per heavy atom. The maximum atomic E-state index is 12.2. The summed E-state index contributed by atoms with van der Waals surface area (Å²) in [5, 5.41) is 6.45. The SMILES string of the molecule is O=C(CCC1CCCC1)NC1CCC(NC(=O)CCC2CCCC2)CC1. The van der Waals surface area contributed by atoms with Gasteiger partial charge in [-0.15, -0.1) is 0 Å². The van der Waals surface area contributed by atoms with Crippen LogP contribution in [-0.2, 0) is 9.59 Å². The quantitative estimate of drug-likeness (QED) is 0.669. The second-order valence-corrected chi connectivity index (χ2v) is 9.06. The Hall–Kier alpha value is -1.06. The van der Waals surface area contributed by atoms with Crippen LogP contribution in [0.3, 0.4) is 0 Å². The molecule has 3 rings (SSSR count). The van der Waals surface area contributed by atoms with E-state index in [2.05, 4.69) is 10.6 Å². The average molecular weight is 363 g/mol. The van der Waals surface area contributed by atoms with Crippen molar-refractivity contribution < 1.29 is 9.59 Å². The molecule has 4 nitrogen and oxygen atoms in total. The van der Waals surface area contributed by atoms with E-state index >= 15 is 0 Å². The van der Waals surface area contributed by atoms with Crippen LogP contribution in [0.4, 0.5) is 0 Å². The van der Waals surface area contributed by atoms with E-state index in [4.69, 9.17) is 0 Å². The van der Waals surface area contributed by atoms with E-state index in [9.17, 15) is 9.59 Å². The lowest BCUT2D eigenvalue weighted by Gasteiger charge is -2.30. The van der Waals surface area contributed by atoms with Gasteiger partial charge >= 0.3 is 0 Å². The van der Waals surface area contributed by atoms with Crippen LogP contribution in [0.1, 0.15) is 103 Å². The lowest BCUT2D eigenvalue weighted by atomic mass is 9.90. The third-order valence-corrected chi connectivity index (χ3v) is 6.97. The van der Waals surface area contributed by atoms with E-state index in [0.29, 0.717) is 24.9 Å².